The van der Waals surface area contributed by atoms with E-state index < -0.39 is 5.54 Å². The molecule has 0 spiro atoms. The molecule has 0 aromatic heterocycles. The number of ether oxygens (including phenoxy) is 1. The molecule has 0 radical (unpaired) electrons. The van der Waals surface area contributed by atoms with E-state index in [0.29, 0.717) is 0 Å². The molecule has 4 nitrogen and oxygen atoms in total. The number of primary amides is 1. The van der Waals surface area contributed by atoms with Crippen molar-refractivity contribution in [2.45, 2.75) is 31.2 Å². The summed E-state index contributed by atoms with van der Waals surface area (Å²) in [5, 5.41) is 3.26. The topological polar surface area (TPSA) is 64.3 Å². The largest absolute Gasteiger partial charge is 0.497 e. The molecule has 1 unspecified atom stereocenters. The summed E-state index contributed by atoms with van der Waals surface area (Å²) in [5.74, 6) is 0.614. The number of carbonyl (C=O) groups excluding carboxylic acids is 1. The molecule has 1 aromatic carbocycles. The van der Waals surface area contributed by atoms with E-state index in [0.717, 1.165) is 38.0 Å². The van der Waals surface area contributed by atoms with Crippen LogP contribution in [0.15, 0.2) is 24.3 Å². The second-order valence-corrected chi connectivity index (χ2v) is 4.83. The Morgan fingerprint density at radius 2 is 2.39 bits per heavy atom. The molecule has 1 saturated heterocycles. The summed E-state index contributed by atoms with van der Waals surface area (Å²) in [6, 6.07) is 7.93. The summed E-state index contributed by atoms with van der Waals surface area (Å²) in [6.07, 6.45) is 3.43. The minimum absolute atomic E-state index is 0.233. The number of aryl methyl sites for hydroxylation is 1. The van der Waals surface area contributed by atoms with Gasteiger partial charge in [0, 0.05) is 0 Å². The SMILES string of the molecule is COc1cccc(CCC2(C(N)=O)CCCN2)c1. The predicted octanol–water partition coefficient (Wildman–Crippen LogP) is 1.24. The predicted molar refractivity (Wildman–Crippen MR) is 70.5 cm³/mol. The molecule has 1 aliphatic rings. The quantitative estimate of drug-likeness (QED) is 0.824. The van der Waals surface area contributed by atoms with Crippen LogP contribution < -0.4 is 15.8 Å². The number of methoxy groups -OCH3 is 1. The molecule has 0 aliphatic carbocycles. The highest BCUT2D eigenvalue weighted by Crippen LogP contribution is 2.25. The highest BCUT2D eigenvalue weighted by Gasteiger charge is 2.38. The number of nitrogens with two attached hydrogens (primary N) is 1. The molecule has 1 atom stereocenters. The molecule has 0 bridgehead atoms. The fraction of sp³-hybridized carbons (Fsp3) is 0.500. The van der Waals surface area contributed by atoms with Crippen LogP contribution in [-0.2, 0) is 11.2 Å². The van der Waals surface area contributed by atoms with Gasteiger partial charge >= 0.3 is 0 Å². The molecule has 98 valence electrons. The Morgan fingerprint density at radius 1 is 1.56 bits per heavy atom. The van der Waals surface area contributed by atoms with Gasteiger partial charge in [-0.2, -0.15) is 0 Å². The first-order valence-corrected chi connectivity index (χ1v) is 6.34. The van der Waals surface area contributed by atoms with Crippen molar-refractivity contribution in [2.24, 2.45) is 5.73 Å². The van der Waals surface area contributed by atoms with E-state index >= 15 is 0 Å². The van der Waals surface area contributed by atoms with Gasteiger partial charge < -0.3 is 15.8 Å². The van der Waals surface area contributed by atoms with Crippen molar-refractivity contribution in [1.82, 2.24) is 5.32 Å². The molecule has 1 aromatic rings. The summed E-state index contributed by atoms with van der Waals surface area (Å²) >= 11 is 0. The van der Waals surface area contributed by atoms with E-state index in [4.69, 9.17) is 10.5 Å². The lowest BCUT2D eigenvalue weighted by molar-refractivity contribution is -0.124. The number of nitrogens with one attached hydrogen (secondary N) is 1. The van der Waals surface area contributed by atoms with Gasteiger partial charge in [-0.1, -0.05) is 12.1 Å². The lowest BCUT2D eigenvalue weighted by Gasteiger charge is -2.25. The molecule has 1 amide bonds. The van der Waals surface area contributed by atoms with Crippen molar-refractivity contribution in [3.05, 3.63) is 29.8 Å². The molecular weight excluding hydrogens is 228 g/mol. The zero-order valence-corrected chi connectivity index (χ0v) is 10.7. The van der Waals surface area contributed by atoms with E-state index in [1.165, 1.54) is 5.56 Å². The van der Waals surface area contributed by atoms with Crippen molar-refractivity contribution in [3.63, 3.8) is 0 Å². The Morgan fingerprint density at radius 3 is 3.00 bits per heavy atom. The molecule has 4 heteroatoms. The van der Waals surface area contributed by atoms with E-state index in [-0.39, 0.29) is 5.91 Å². The van der Waals surface area contributed by atoms with Gasteiger partial charge in [-0.3, -0.25) is 4.79 Å². The lowest BCUT2D eigenvalue weighted by atomic mass is 9.89. The van der Waals surface area contributed by atoms with Gasteiger partial charge in [0.25, 0.3) is 0 Å². The maximum Gasteiger partial charge on any atom is 0.237 e. The third-order valence-corrected chi connectivity index (χ3v) is 3.69. The van der Waals surface area contributed by atoms with Gasteiger partial charge in [-0.15, -0.1) is 0 Å². The smallest absolute Gasteiger partial charge is 0.237 e. The van der Waals surface area contributed by atoms with Crippen LogP contribution in [0.1, 0.15) is 24.8 Å². The average molecular weight is 248 g/mol. The van der Waals surface area contributed by atoms with Crippen molar-refractivity contribution in [3.8, 4) is 5.75 Å². The van der Waals surface area contributed by atoms with Crippen LogP contribution in [0.5, 0.6) is 5.75 Å². The van der Waals surface area contributed by atoms with Gasteiger partial charge in [-0.25, -0.2) is 0 Å². The van der Waals surface area contributed by atoms with Crippen molar-refractivity contribution >= 4 is 5.91 Å². The van der Waals surface area contributed by atoms with Crippen molar-refractivity contribution in [2.75, 3.05) is 13.7 Å². The highest BCUT2D eigenvalue weighted by molar-refractivity contribution is 5.85. The van der Waals surface area contributed by atoms with Crippen LogP contribution >= 0.6 is 0 Å². The third kappa shape index (κ3) is 2.64. The monoisotopic (exact) mass is 248 g/mol. The Labute approximate surface area is 108 Å². The zero-order chi connectivity index (χ0) is 13.0. The Hall–Kier alpha value is -1.55. The summed E-state index contributed by atoms with van der Waals surface area (Å²) in [7, 11) is 1.66. The van der Waals surface area contributed by atoms with Crippen LogP contribution in [0.2, 0.25) is 0 Å². The van der Waals surface area contributed by atoms with E-state index in [1.54, 1.807) is 7.11 Å². The molecule has 1 heterocycles. The van der Waals surface area contributed by atoms with Gasteiger partial charge in [0.05, 0.1) is 12.6 Å². The number of hydrogen-bond donors (Lipinski definition) is 2. The second-order valence-electron chi connectivity index (χ2n) is 4.83. The number of rotatable bonds is 5. The first-order valence-electron chi connectivity index (χ1n) is 6.34. The van der Waals surface area contributed by atoms with Gasteiger partial charge in [0.15, 0.2) is 0 Å². The third-order valence-electron chi connectivity index (χ3n) is 3.69. The van der Waals surface area contributed by atoms with Gasteiger partial charge in [-0.05, 0) is 49.9 Å². The fourth-order valence-electron chi connectivity index (χ4n) is 2.54. The van der Waals surface area contributed by atoms with Crippen molar-refractivity contribution in [1.29, 1.82) is 0 Å². The van der Waals surface area contributed by atoms with Crippen LogP contribution in [0.25, 0.3) is 0 Å². The number of benzene rings is 1. The van der Waals surface area contributed by atoms with Crippen LogP contribution in [0.4, 0.5) is 0 Å². The number of amides is 1. The summed E-state index contributed by atoms with van der Waals surface area (Å²) < 4.78 is 5.19. The number of hydrogen-bond acceptors (Lipinski definition) is 3. The van der Waals surface area contributed by atoms with E-state index in [1.807, 2.05) is 24.3 Å². The summed E-state index contributed by atoms with van der Waals surface area (Å²) in [5.41, 5.74) is 6.19. The second kappa shape index (κ2) is 5.40. The van der Waals surface area contributed by atoms with Crippen LogP contribution in [0.3, 0.4) is 0 Å². The Kier molecular flexibility index (Phi) is 3.87. The molecule has 1 fully saturated rings. The van der Waals surface area contributed by atoms with E-state index in [2.05, 4.69) is 5.32 Å². The average Bonchev–Trinajstić information content (AvgIpc) is 2.87. The van der Waals surface area contributed by atoms with Crippen LogP contribution in [-0.4, -0.2) is 25.1 Å². The first-order chi connectivity index (χ1) is 8.66. The molecule has 0 saturated carbocycles. The van der Waals surface area contributed by atoms with Gasteiger partial charge in [0.2, 0.25) is 5.91 Å². The minimum Gasteiger partial charge on any atom is -0.497 e. The number of carbonyl (C=O) groups is 1. The Bertz CT molecular complexity index is 426. The molecule has 18 heavy (non-hydrogen) atoms. The lowest BCUT2D eigenvalue weighted by Crippen LogP contribution is -2.51. The zero-order valence-electron chi connectivity index (χ0n) is 10.7. The summed E-state index contributed by atoms with van der Waals surface area (Å²) in [6.45, 7) is 0.876. The van der Waals surface area contributed by atoms with E-state index in [9.17, 15) is 4.79 Å². The Balaban J connectivity index is 2.03. The molecule has 1 aliphatic heterocycles. The minimum atomic E-state index is -0.511. The highest BCUT2D eigenvalue weighted by atomic mass is 16.5. The van der Waals surface area contributed by atoms with Crippen LogP contribution in [0, 0.1) is 0 Å². The maximum atomic E-state index is 11.6. The fourth-order valence-corrected chi connectivity index (χ4v) is 2.54. The van der Waals surface area contributed by atoms with Crippen molar-refractivity contribution < 1.29 is 9.53 Å². The summed E-state index contributed by atoms with van der Waals surface area (Å²) in [4.78, 5) is 11.6. The van der Waals surface area contributed by atoms with Gasteiger partial charge in [0.1, 0.15) is 5.75 Å². The first kappa shape index (κ1) is 12.9. The molecular formula is C14H20N2O2. The standard InChI is InChI=1S/C14H20N2O2/c1-18-12-5-2-4-11(10-12)6-8-14(13(15)17)7-3-9-16-14/h2,4-5,10,16H,3,6-9H2,1H3,(H2,15,17). The molecule has 3 N–H and O–H groups in total. The normalized spacial score (nSPS) is 22.9. The maximum absolute atomic E-state index is 11.6. The molecule has 2 rings (SSSR count).